The first-order chi connectivity index (χ1) is 27.1. The van der Waals surface area contributed by atoms with Crippen LogP contribution in [0.5, 0.6) is 0 Å². The van der Waals surface area contributed by atoms with Crippen molar-refractivity contribution in [3.8, 4) is 0 Å². The number of piperazine rings is 2. The normalized spacial score (nSPS) is 19.8. The molecule has 4 aromatic rings. The summed E-state index contributed by atoms with van der Waals surface area (Å²) < 4.78 is 0. The summed E-state index contributed by atoms with van der Waals surface area (Å²) in [6, 6.07) is 15.4. The number of likely N-dealkylation sites (tertiary alicyclic amines) is 1. The molecule has 2 atom stereocenters. The van der Waals surface area contributed by atoms with Gasteiger partial charge in [-0.25, -0.2) is 19.7 Å². The zero-order chi connectivity index (χ0) is 38.9. The first-order valence-corrected chi connectivity index (χ1v) is 20.2. The number of carbonyl (C=O) groups is 4. The number of rotatable bonds is 11. The van der Waals surface area contributed by atoms with Gasteiger partial charge in [0.2, 0.25) is 11.8 Å². The van der Waals surface area contributed by atoms with Crippen LogP contribution in [0.25, 0.3) is 0 Å². The lowest BCUT2D eigenvalue weighted by molar-refractivity contribution is -0.132. The number of hydrogen-bond donors (Lipinski definition) is 3. The monoisotopic (exact) mass is 797 g/mol. The number of para-hydroxylation sites is 1. The SMILES string of the molecule is Cc1nc(Nc2ncc(C(=O)Nc3c(C)cccc3Cl)s2)cc(N2CCN(CCCC(=O)N3C[C@H]4C[C@@H]3CN4c3ccc(N4CCC(=O)NC4=O)cc3)CC2)n1. The maximum absolute atomic E-state index is 13.3. The maximum atomic E-state index is 13.3. The van der Waals surface area contributed by atoms with Crippen molar-refractivity contribution in [1.29, 1.82) is 0 Å². The summed E-state index contributed by atoms with van der Waals surface area (Å²) in [5.74, 6) is 1.78. The quantitative estimate of drug-likeness (QED) is 0.187. The fourth-order valence-corrected chi connectivity index (χ4v) is 9.00. The molecular formula is C39H44ClN11O4S. The first kappa shape index (κ1) is 37.6. The Kier molecular flexibility index (Phi) is 10.8. The van der Waals surface area contributed by atoms with Gasteiger partial charge in [0.15, 0.2) is 5.13 Å². The summed E-state index contributed by atoms with van der Waals surface area (Å²) in [4.78, 5) is 74.8. The van der Waals surface area contributed by atoms with Crippen molar-refractivity contribution in [2.75, 3.05) is 77.7 Å². The molecule has 56 heavy (non-hydrogen) atoms. The summed E-state index contributed by atoms with van der Waals surface area (Å²) in [6.45, 7) is 9.91. The zero-order valence-corrected chi connectivity index (χ0v) is 32.9. The van der Waals surface area contributed by atoms with Crippen LogP contribution in [-0.2, 0) is 9.59 Å². The van der Waals surface area contributed by atoms with Gasteiger partial charge in [-0.05, 0) is 69.1 Å². The van der Waals surface area contributed by atoms with Gasteiger partial charge in [0, 0.05) is 82.1 Å². The highest BCUT2D eigenvalue weighted by Gasteiger charge is 2.45. The summed E-state index contributed by atoms with van der Waals surface area (Å²) in [7, 11) is 0. The number of thiazole rings is 1. The van der Waals surface area contributed by atoms with Crippen LogP contribution >= 0.6 is 22.9 Å². The van der Waals surface area contributed by atoms with Crippen LogP contribution in [0.4, 0.5) is 38.6 Å². The second-order valence-electron chi connectivity index (χ2n) is 14.6. The maximum Gasteiger partial charge on any atom is 0.328 e. The molecule has 2 aromatic heterocycles. The Morgan fingerprint density at radius 1 is 0.964 bits per heavy atom. The van der Waals surface area contributed by atoms with Crippen LogP contribution in [0, 0.1) is 13.8 Å². The number of fused-ring (bicyclic) bond motifs is 2. The largest absolute Gasteiger partial charge is 0.365 e. The predicted molar refractivity (Wildman–Crippen MR) is 217 cm³/mol. The Morgan fingerprint density at radius 2 is 1.75 bits per heavy atom. The molecule has 4 aliphatic heterocycles. The first-order valence-electron chi connectivity index (χ1n) is 19.0. The lowest BCUT2D eigenvalue weighted by Gasteiger charge is -2.37. The third kappa shape index (κ3) is 8.13. The molecule has 0 radical (unpaired) electrons. The van der Waals surface area contributed by atoms with Crippen LogP contribution in [0.2, 0.25) is 5.02 Å². The van der Waals surface area contributed by atoms with Gasteiger partial charge in [0.05, 0.1) is 22.9 Å². The summed E-state index contributed by atoms with van der Waals surface area (Å²) in [5.41, 5.74) is 3.32. The number of carbonyl (C=O) groups excluding carboxylic acids is 4. The second kappa shape index (κ2) is 16.0. The molecule has 0 unspecified atom stereocenters. The van der Waals surface area contributed by atoms with Crippen LogP contribution in [0.3, 0.4) is 0 Å². The van der Waals surface area contributed by atoms with Crippen LogP contribution in [-0.4, -0.2) is 113 Å². The van der Waals surface area contributed by atoms with E-state index in [9.17, 15) is 19.2 Å². The topological polar surface area (TPSA) is 159 Å². The molecule has 15 nitrogen and oxygen atoms in total. The van der Waals surface area contributed by atoms with E-state index >= 15 is 0 Å². The molecule has 0 aliphatic carbocycles. The average Bonchev–Trinajstić information content (AvgIpc) is 3.94. The average molecular weight is 798 g/mol. The molecule has 292 valence electrons. The number of anilines is 6. The molecule has 3 N–H and O–H groups in total. The van der Waals surface area contributed by atoms with Gasteiger partial charge in [0.25, 0.3) is 5.91 Å². The lowest BCUT2D eigenvalue weighted by atomic mass is 10.2. The molecular weight excluding hydrogens is 754 g/mol. The van der Waals surface area contributed by atoms with Crippen molar-refractivity contribution < 1.29 is 19.2 Å². The molecule has 2 bridgehead atoms. The van der Waals surface area contributed by atoms with E-state index in [1.54, 1.807) is 11.0 Å². The van der Waals surface area contributed by atoms with E-state index in [-0.39, 0.29) is 35.8 Å². The van der Waals surface area contributed by atoms with E-state index in [1.165, 1.54) is 17.5 Å². The number of benzene rings is 2. The summed E-state index contributed by atoms with van der Waals surface area (Å²) >= 11 is 7.53. The summed E-state index contributed by atoms with van der Waals surface area (Å²) in [5, 5.41) is 9.53. The Bertz CT molecular complexity index is 2120. The molecule has 5 amide bonds. The van der Waals surface area contributed by atoms with Gasteiger partial charge in [-0.1, -0.05) is 35.1 Å². The fourth-order valence-electron chi connectivity index (χ4n) is 8.01. The minimum atomic E-state index is -0.384. The van der Waals surface area contributed by atoms with E-state index < -0.39 is 0 Å². The number of nitrogens with zero attached hydrogens (tertiary/aromatic N) is 8. The van der Waals surface area contributed by atoms with Gasteiger partial charge in [-0.2, -0.15) is 0 Å². The molecule has 4 fully saturated rings. The number of nitrogens with one attached hydrogen (secondary N) is 3. The number of amides is 5. The van der Waals surface area contributed by atoms with Crippen molar-refractivity contribution in [2.45, 2.75) is 51.6 Å². The van der Waals surface area contributed by atoms with E-state index in [2.05, 4.69) is 45.5 Å². The Morgan fingerprint density at radius 3 is 2.48 bits per heavy atom. The third-order valence-electron chi connectivity index (χ3n) is 10.9. The van der Waals surface area contributed by atoms with E-state index in [1.807, 2.05) is 56.3 Å². The van der Waals surface area contributed by atoms with E-state index in [4.69, 9.17) is 16.6 Å². The Balaban J connectivity index is 0.771. The Labute approximate surface area is 334 Å². The summed E-state index contributed by atoms with van der Waals surface area (Å²) in [6.07, 6.45) is 4.16. The van der Waals surface area contributed by atoms with Crippen molar-refractivity contribution in [2.24, 2.45) is 0 Å². The van der Waals surface area contributed by atoms with Gasteiger partial charge >= 0.3 is 6.03 Å². The Hall–Kier alpha value is -5.32. The van der Waals surface area contributed by atoms with Crippen LogP contribution in [0.15, 0.2) is 54.7 Å². The van der Waals surface area contributed by atoms with E-state index in [0.717, 1.165) is 81.4 Å². The minimum absolute atomic E-state index is 0.214. The van der Waals surface area contributed by atoms with Crippen molar-refractivity contribution in [3.05, 3.63) is 76.0 Å². The van der Waals surface area contributed by atoms with Crippen LogP contribution < -0.4 is 30.7 Å². The van der Waals surface area contributed by atoms with Crippen LogP contribution in [0.1, 0.15) is 46.7 Å². The minimum Gasteiger partial charge on any atom is -0.365 e. The van der Waals surface area contributed by atoms with E-state index in [0.29, 0.717) is 51.7 Å². The zero-order valence-electron chi connectivity index (χ0n) is 31.3. The van der Waals surface area contributed by atoms with Gasteiger partial charge in [-0.15, -0.1) is 0 Å². The molecule has 4 aliphatic rings. The van der Waals surface area contributed by atoms with Gasteiger partial charge in [-0.3, -0.25) is 29.5 Å². The predicted octanol–water partition coefficient (Wildman–Crippen LogP) is 5.04. The lowest BCUT2D eigenvalue weighted by Crippen LogP contribution is -2.50. The molecule has 0 spiro atoms. The number of aromatic nitrogens is 3. The highest BCUT2D eigenvalue weighted by atomic mass is 35.5. The standard InChI is InChI=1S/C39H44ClN11O4S/c1-24-5-3-6-30(40)36(24)46-37(54)31-21-41-38(56-31)44-32-20-33(43-25(2)42-32)48-17-15-47(16-18-48)13-4-7-35(53)51-23-28-19-29(51)22-50(28)27-10-8-26(9-11-27)49-14-12-34(52)45-39(49)55/h3,5-6,8-11,20-21,28-29H,4,7,12-19,22-23H2,1-2H3,(H,46,54)(H,45,52,55)(H,41,42,43,44)/t28-,29-/m1/s1. The number of hydrogen-bond acceptors (Lipinski definition) is 12. The molecule has 0 saturated carbocycles. The molecule has 8 rings (SSSR count). The molecule has 4 saturated heterocycles. The highest BCUT2D eigenvalue weighted by molar-refractivity contribution is 7.17. The van der Waals surface area contributed by atoms with Gasteiger partial charge in [0.1, 0.15) is 22.3 Å². The molecule has 6 heterocycles. The van der Waals surface area contributed by atoms with Gasteiger partial charge < -0.3 is 25.3 Å². The van der Waals surface area contributed by atoms with Crippen molar-refractivity contribution in [1.82, 2.24) is 30.1 Å². The number of halogens is 1. The molecule has 17 heteroatoms. The second-order valence-corrected chi connectivity index (χ2v) is 16.1. The smallest absolute Gasteiger partial charge is 0.328 e. The van der Waals surface area contributed by atoms with Crippen molar-refractivity contribution in [3.63, 3.8) is 0 Å². The fraction of sp³-hybridized carbons (Fsp3) is 0.410. The van der Waals surface area contributed by atoms with Crippen molar-refractivity contribution >= 4 is 80.5 Å². The molecule has 2 aromatic carbocycles. The number of aryl methyl sites for hydroxylation is 2. The third-order valence-corrected chi connectivity index (χ3v) is 12.1. The number of urea groups is 1. The number of imide groups is 1. The highest BCUT2D eigenvalue weighted by Crippen LogP contribution is 2.36.